The molecule has 4 heterocycles. The summed E-state index contributed by atoms with van der Waals surface area (Å²) in [6.07, 6.45) is -0.0570. The molecule has 0 saturated carbocycles. The maximum absolute atomic E-state index is 14.3. The van der Waals surface area contributed by atoms with E-state index in [-0.39, 0.29) is 47.6 Å². The molecule has 12 nitrogen and oxygen atoms in total. The molecule has 59 heavy (non-hydrogen) atoms. The van der Waals surface area contributed by atoms with Gasteiger partial charge >= 0.3 is 6.18 Å². The number of halogens is 3. The van der Waals surface area contributed by atoms with Crippen LogP contribution in [0.4, 0.5) is 24.5 Å². The van der Waals surface area contributed by atoms with Crippen LogP contribution in [0.1, 0.15) is 56.6 Å². The van der Waals surface area contributed by atoms with Gasteiger partial charge in [0.2, 0.25) is 17.7 Å². The molecular weight excluding hydrogens is 766 g/mol. The molecule has 7 rings (SSSR count). The Kier molecular flexibility index (Phi) is 12.2. The Balaban J connectivity index is 0.968. The summed E-state index contributed by atoms with van der Waals surface area (Å²) < 4.78 is 56.4. The Bertz CT molecular complexity index is 2260. The molecule has 3 fully saturated rings. The highest BCUT2D eigenvalue weighted by Gasteiger charge is 2.38. The fraction of sp³-hybridized carbons (Fsp3) is 0.455. The lowest BCUT2D eigenvalue weighted by atomic mass is 9.91. The highest BCUT2D eigenvalue weighted by molar-refractivity contribution is 6.01. The van der Waals surface area contributed by atoms with Crippen LogP contribution in [0.25, 0.3) is 21.9 Å². The van der Waals surface area contributed by atoms with Gasteiger partial charge in [-0.25, -0.2) is 0 Å². The molecule has 2 unspecified atom stereocenters. The maximum Gasteiger partial charge on any atom is 0.418 e. The second-order valence-corrected chi connectivity index (χ2v) is 15.7. The number of methoxy groups -OCH3 is 2. The molecule has 3 aliphatic rings. The Hall–Kier alpha value is -5.57. The van der Waals surface area contributed by atoms with Crippen LogP contribution >= 0.6 is 0 Å². The zero-order valence-corrected chi connectivity index (χ0v) is 33.9. The molecule has 2 atom stereocenters. The van der Waals surface area contributed by atoms with Crippen LogP contribution in [-0.2, 0) is 34.2 Å². The molecule has 0 radical (unpaired) electrons. The van der Waals surface area contributed by atoms with Gasteiger partial charge in [-0.15, -0.1) is 0 Å². The number of rotatable bonds is 13. The second-order valence-electron chi connectivity index (χ2n) is 15.7. The molecule has 2 N–H and O–H groups in total. The number of imide groups is 1. The van der Waals surface area contributed by atoms with Crippen LogP contribution in [-0.4, -0.2) is 91.1 Å². The third-order valence-corrected chi connectivity index (χ3v) is 12.1. The van der Waals surface area contributed by atoms with E-state index in [0.717, 1.165) is 41.1 Å². The number of ether oxygens (including phenoxy) is 2. The van der Waals surface area contributed by atoms with Gasteiger partial charge in [0.25, 0.3) is 5.56 Å². The first-order valence-corrected chi connectivity index (χ1v) is 20.2. The third kappa shape index (κ3) is 8.90. The van der Waals surface area contributed by atoms with E-state index in [2.05, 4.69) is 15.5 Å². The van der Waals surface area contributed by atoms with E-state index in [1.807, 2.05) is 54.4 Å². The van der Waals surface area contributed by atoms with Crippen LogP contribution in [0.2, 0.25) is 0 Å². The van der Waals surface area contributed by atoms with E-state index in [0.29, 0.717) is 68.9 Å². The molecule has 4 aromatic rings. The van der Waals surface area contributed by atoms with E-state index in [4.69, 9.17) is 9.47 Å². The van der Waals surface area contributed by atoms with Crippen LogP contribution < -0.4 is 30.6 Å². The number of likely N-dealkylation sites (N-methyl/N-ethyl adjacent to an activating group) is 1. The van der Waals surface area contributed by atoms with Crippen LogP contribution in [0.3, 0.4) is 0 Å². The van der Waals surface area contributed by atoms with Gasteiger partial charge < -0.3 is 29.2 Å². The van der Waals surface area contributed by atoms with E-state index in [9.17, 15) is 32.3 Å². The summed E-state index contributed by atoms with van der Waals surface area (Å²) in [4.78, 5) is 56.2. The summed E-state index contributed by atoms with van der Waals surface area (Å²) in [7, 11) is 5.00. The maximum atomic E-state index is 14.3. The Morgan fingerprint density at radius 2 is 1.63 bits per heavy atom. The molecule has 314 valence electrons. The van der Waals surface area contributed by atoms with Crippen molar-refractivity contribution in [2.45, 2.75) is 70.3 Å². The minimum Gasteiger partial charge on any atom is -0.496 e. The summed E-state index contributed by atoms with van der Waals surface area (Å²) >= 11 is 0. The molecule has 3 aliphatic heterocycles. The minimum absolute atomic E-state index is 0.0432. The van der Waals surface area contributed by atoms with Gasteiger partial charge in [-0.05, 0) is 85.9 Å². The van der Waals surface area contributed by atoms with Crippen molar-refractivity contribution in [3.8, 4) is 22.6 Å². The van der Waals surface area contributed by atoms with Crippen molar-refractivity contribution in [2.24, 2.45) is 13.0 Å². The lowest BCUT2D eigenvalue weighted by molar-refractivity contribution is -0.137. The first-order valence-electron chi connectivity index (χ1n) is 20.2. The fourth-order valence-electron chi connectivity index (χ4n) is 8.63. The smallest absolute Gasteiger partial charge is 0.418 e. The molecule has 3 amide bonds. The SMILES string of the molecule is CCN(CC1CCN1Cc1c(OC)cc(-c2cn(C)c(=O)c3ccccc23)cc1OC)C(=O)CC1CCN(c2ccc(NC3CCC(=O)NC3=O)cc2C(F)(F)F)CC1. The molecule has 1 aromatic heterocycles. The number of benzene rings is 3. The number of carbonyl (C=O) groups is 3. The number of pyridine rings is 1. The monoisotopic (exact) mass is 816 g/mol. The van der Waals surface area contributed by atoms with Crippen molar-refractivity contribution in [3.05, 3.63) is 82.3 Å². The van der Waals surface area contributed by atoms with Gasteiger partial charge in [0.05, 0.1) is 25.3 Å². The lowest BCUT2D eigenvalue weighted by Gasteiger charge is -2.44. The van der Waals surface area contributed by atoms with Crippen molar-refractivity contribution in [2.75, 3.05) is 57.2 Å². The summed E-state index contributed by atoms with van der Waals surface area (Å²) in [6, 6.07) is 14.8. The summed E-state index contributed by atoms with van der Waals surface area (Å²) in [5.74, 6) is 0.467. The first-order chi connectivity index (χ1) is 28.3. The number of piperidine rings is 2. The van der Waals surface area contributed by atoms with Crippen molar-refractivity contribution in [1.82, 2.24) is 19.7 Å². The summed E-state index contributed by atoms with van der Waals surface area (Å²) in [5, 5.41) is 6.54. The van der Waals surface area contributed by atoms with Gasteiger partial charge in [0.1, 0.15) is 17.5 Å². The summed E-state index contributed by atoms with van der Waals surface area (Å²) in [6.45, 7) is 5.25. The predicted molar refractivity (Wildman–Crippen MR) is 220 cm³/mol. The van der Waals surface area contributed by atoms with Gasteiger partial charge in [0.15, 0.2) is 0 Å². The quantitative estimate of drug-likeness (QED) is 0.152. The van der Waals surface area contributed by atoms with Gasteiger partial charge in [-0.2, -0.15) is 13.2 Å². The van der Waals surface area contributed by atoms with Gasteiger partial charge in [-0.1, -0.05) is 18.2 Å². The number of hydrogen-bond acceptors (Lipinski definition) is 9. The molecule has 0 aliphatic carbocycles. The van der Waals surface area contributed by atoms with E-state index in [1.54, 1.807) is 30.7 Å². The zero-order valence-electron chi connectivity index (χ0n) is 33.9. The number of nitrogens with one attached hydrogen (secondary N) is 2. The van der Waals surface area contributed by atoms with Crippen LogP contribution in [0.5, 0.6) is 11.5 Å². The molecule has 0 bridgehead atoms. The average Bonchev–Trinajstić information content (AvgIpc) is 3.21. The number of fused-ring (bicyclic) bond motifs is 1. The molecule has 15 heteroatoms. The number of carbonyl (C=O) groups excluding carboxylic acids is 3. The highest BCUT2D eigenvalue weighted by atomic mass is 19.4. The second kappa shape index (κ2) is 17.3. The third-order valence-electron chi connectivity index (χ3n) is 12.1. The topological polar surface area (TPSA) is 125 Å². The molecule has 0 spiro atoms. The largest absolute Gasteiger partial charge is 0.496 e. The Labute approximate surface area is 341 Å². The van der Waals surface area contributed by atoms with E-state index >= 15 is 0 Å². The Morgan fingerprint density at radius 3 is 2.24 bits per heavy atom. The number of aryl methyl sites for hydroxylation is 1. The van der Waals surface area contributed by atoms with Gasteiger partial charge in [0, 0.05) is 93.7 Å². The van der Waals surface area contributed by atoms with Crippen LogP contribution in [0.15, 0.2) is 65.6 Å². The number of amides is 3. The minimum atomic E-state index is -4.62. The van der Waals surface area contributed by atoms with Gasteiger partial charge in [-0.3, -0.25) is 29.4 Å². The lowest BCUT2D eigenvalue weighted by Crippen LogP contribution is -2.54. The number of aromatic nitrogens is 1. The number of hydrogen-bond donors (Lipinski definition) is 2. The number of alkyl halides is 3. The van der Waals surface area contributed by atoms with Crippen molar-refractivity contribution in [1.29, 1.82) is 0 Å². The first kappa shape index (κ1) is 41.6. The number of anilines is 2. The molecule has 3 aromatic carbocycles. The standard InChI is InChI=1S/C44H51F3N6O6/c1-5-51(41(55)20-27-14-17-52(18-15-27)37-12-10-29(23-35(37)44(45,46)47)48-36-11-13-40(54)49-42(36)56)24-30-16-19-53(30)26-34-38(58-3)21-28(22-39(34)59-4)33-25-50(2)43(57)32-9-7-6-8-31(32)33/h6-10,12,21-23,25,27,30,36,48H,5,11,13-20,24,26H2,1-4H3,(H,49,54,56). The van der Waals surface area contributed by atoms with Crippen molar-refractivity contribution < 1.29 is 37.0 Å². The molecule has 3 saturated heterocycles. The average molecular weight is 817 g/mol. The van der Waals surface area contributed by atoms with Crippen molar-refractivity contribution >= 4 is 39.9 Å². The van der Waals surface area contributed by atoms with Crippen molar-refractivity contribution in [3.63, 3.8) is 0 Å². The van der Waals surface area contributed by atoms with E-state index in [1.165, 1.54) is 12.1 Å². The number of likely N-dealkylation sites (tertiary alicyclic amines) is 1. The fourth-order valence-corrected chi connectivity index (χ4v) is 8.63. The summed E-state index contributed by atoms with van der Waals surface area (Å²) in [5.41, 5.74) is 2.00. The predicted octanol–water partition coefficient (Wildman–Crippen LogP) is 6.19. The zero-order chi connectivity index (χ0) is 42.0. The number of nitrogens with zero attached hydrogens (tertiary/aromatic N) is 4. The normalized spacial score (nSPS) is 19.0. The Morgan fingerprint density at radius 1 is 0.932 bits per heavy atom. The highest BCUT2D eigenvalue weighted by Crippen LogP contribution is 2.41. The van der Waals surface area contributed by atoms with Crippen LogP contribution in [0, 0.1) is 5.92 Å². The van der Waals surface area contributed by atoms with E-state index < -0.39 is 29.6 Å². The molecular formula is C44H51F3N6O6.